The van der Waals surface area contributed by atoms with Crippen molar-refractivity contribution in [3.63, 3.8) is 0 Å². The molecular weight excluding hydrogens is 258 g/mol. The van der Waals surface area contributed by atoms with E-state index in [2.05, 4.69) is 10.8 Å². The van der Waals surface area contributed by atoms with E-state index in [0.717, 1.165) is 16.7 Å². The smallest absolute Gasteiger partial charge is 0.262 e. The molecule has 0 aliphatic carbocycles. The van der Waals surface area contributed by atoms with Gasteiger partial charge in [0, 0.05) is 6.07 Å². The Hall–Kier alpha value is -1.81. The van der Waals surface area contributed by atoms with Crippen molar-refractivity contribution in [3.8, 4) is 0 Å². The molecule has 99 valence electrons. The lowest BCUT2D eigenvalue weighted by Gasteiger charge is -2.13. The molecular formula is C15H16NO2S. The van der Waals surface area contributed by atoms with Crippen LogP contribution >= 0.6 is 0 Å². The Morgan fingerprint density at radius 2 is 1.68 bits per heavy atom. The van der Waals surface area contributed by atoms with Gasteiger partial charge < -0.3 is 0 Å². The molecule has 1 radical (unpaired) electrons. The molecule has 19 heavy (non-hydrogen) atoms. The molecule has 2 rings (SSSR count). The number of rotatable bonds is 3. The van der Waals surface area contributed by atoms with Crippen molar-refractivity contribution in [1.29, 1.82) is 0 Å². The van der Waals surface area contributed by atoms with Crippen LogP contribution in [0.15, 0.2) is 41.3 Å². The summed E-state index contributed by atoms with van der Waals surface area (Å²) in [6.45, 7) is 5.57. The first-order valence-corrected chi connectivity index (χ1v) is 7.46. The third kappa shape index (κ3) is 2.96. The van der Waals surface area contributed by atoms with Gasteiger partial charge in [0.15, 0.2) is 0 Å². The molecule has 0 heterocycles. The van der Waals surface area contributed by atoms with E-state index in [1.807, 2.05) is 32.9 Å². The zero-order valence-corrected chi connectivity index (χ0v) is 12.0. The van der Waals surface area contributed by atoms with Gasteiger partial charge in [-0.1, -0.05) is 35.9 Å². The minimum atomic E-state index is -3.57. The SMILES string of the molecule is Cc1cc(C)c(S(=O)(=O)Nc2[c]cccc2)c(C)c1. The van der Waals surface area contributed by atoms with Gasteiger partial charge >= 0.3 is 0 Å². The lowest BCUT2D eigenvalue weighted by Crippen LogP contribution is -2.15. The van der Waals surface area contributed by atoms with Crippen molar-refractivity contribution in [2.45, 2.75) is 25.7 Å². The van der Waals surface area contributed by atoms with E-state index in [1.54, 1.807) is 24.3 Å². The Morgan fingerprint density at radius 3 is 2.21 bits per heavy atom. The molecule has 0 aliphatic rings. The number of benzene rings is 2. The summed E-state index contributed by atoms with van der Waals surface area (Å²) in [6, 6.07) is 13.5. The highest BCUT2D eigenvalue weighted by Gasteiger charge is 2.19. The molecule has 1 N–H and O–H groups in total. The first-order valence-electron chi connectivity index (χ1n) is 5.97. The second kappa shape index (κ2) is 5.05. The minimum absolute atomic E-state index is 0.343. The van der Waals surface area contributed by atoms with E-state index in [0.29, 0.717) is 10.6 Å². The molecule has 3 nitrogen and oxygen atoms in total. The average Bonchev–Trinajstić information content (AvgIpc) is 2.27. The number of para-hydroxylation sites is 1. The van der Waals surface area contributed by atoms with Gasteiger partial charge in [-0.05, 0) is 38.0 Å². The average molecular weight is 274 g/mol. The van der Waals surface area contributed by atoms with Crippen LogP contribution in [0.2, 0.25) is 0 Å². The molecule has 0 unspecified atom stereocenters. The van der Waals surface area contributed by atoms with Crippen molar-refractivity contribution in [2.24, 2.45) is 0 Å². The number of nitrogens with one attached hydrogen (secondary N) is 1. The Morgan fingerprint density at radius 1 is 1.05 bits per heavy atom. The van der Waals surface area contributed by atoms with E-state index in [-0.39, 0.29) is 0 Å². The molecule has 0 aromatic heterocycles. The second-order valence-corrected chi connectivity index (χ2v) is 6.23. The summed E-state index contributed by atoms with van der Waals surface area (Å²) in [5.41, 5.74) is 3.00. The number of hydrogen-bond acceptors (Lipinski definition) is 2. The molecule has 2 aromatic carbocycles. The fourth-order valence-corrected chi connectivity index (χ4v) is 3.73. The van der Waals surface area contributed by atoms with Crippen molar-refractivity contribution >= 4 is 15.7 Å². The number of sulfonamides is 1. The van der Waals surface area contributed by atoms with Crippen molar-refractivity contribution in [3.05, 3.63) is 59.2 Å². The van der Waals surface area contributed by atoms with Gasteiger partial charge in [0.1, 0.15) is 0 Å². The normalized spacial score (nSPS) is 11.3. The quantitative estimate of drug-likeness (QED) is 0.934. The van der Waals surface area contributed by atoms with Crippen LogP contribution < -0.4 is 4.72 Å². The maximum absolute atomic E-state index is 12.4. The van der Waals surface area contributed by atoms with Crippen LogP contribution in [0.1, 0.15) is 16.7 Å². The van der Waals surface area contributed by atoms with E-state index < -0.39 is 10.0 Å². The fourth-order valence-electron chi connectivity index (χ4n) is 2.24. The first kappa shape index (κ1) is 13.6. The van der Waals surface area contributed by atoms with Crippen molar-refractivity contribution < 1.29 is 8.42 Å². The van der Waals surface area contributed by atoms with E-state index >= 15 is 0 Å². The molecule has 4 heteroatoms. The molecule has 0 saturated carbocycles. The maximum Gasteiger partial charge on any atom is 0.262 e. The van der Waals surface area contributed by atoms with E-state index in [4.69, 9.17) is 0 Å². The van der Waals surface area contributed by atoms with Gasteiger partial charge in [0.25, 0.3) is 10.0 Å². The Balaban J connectivity index is 2.46. The van der Waals surface area contributed by atoms with Crippen LogP contribution in [0.25, 0.3) is 0 Å². The standard InChI is InChI=1S/C15H16NO2S/c1-11-9-12(2)15(13(3)10-11)19(17,18)16-14-7-5-4-6-8-14/h4-7,9-10,16H,1-3H3. The summed E-state index contributed by atoms with van der Waals surface area (Å²) in [4.78, 5) is 0.343. The van der Waals surface area contributed by atoms with Crippen LogP contribution in [0.3, 0.4) is 0 Å². The number of anilines is 1. The molecule has 0 saturated heterocycles. The molecule has 0 fully saturated rings. The highest BCUT2D eigenvalue weighted by atomic mass is 32.2. The first-order chi connectivity index (χ1) is 8.90. The zero-order chi connectivity index (χ0) is 14.0. The molecule has 0 aliphatic heterocycles. The molecule has 2 aromatic rings. The molecule has 0 amide bonds. The van der Waals surface area contributed by atoms with Crippen LogP contribution in [0.4, 0.5) is 5.69 Å². The Kier molecular flexibility index (Phi) is 3.62. The maximum atomic E-state index is 12.4. The Labute approximate surface area is 114 Å². The number of aryl methyl sites for hydroxylation is 3. The predicted octanol–water partition coefficient (Wildman–Crippen LogP) is 3.21. The van der Waals surface area contributed by atoms with Crippen LogP contribution in [-0.4, -0.2) is 8.42 Å². The van der Waals surface area contributed by atoms with E-state index in [1.165, 1.54) is 0 Å². The number of hydrogen-bond donors (Lipinski definition) is 1. The minimum Gasteiger partial charge on any atom is -0.279 e. The monoisotopic (exact) mass is 274 g/mol. The lowest BCUT2D eigenvalue weighted by molar-refractivity contribution is 0.600. The van der Waals surface area contributed by atoms with Gasteiger partial charge in [0.2, 0.25) is 0 Å². The summed E-state index contributed by atoms with van der Waals surface area (Å²) in [6.07, 6.45) is 0. The van der Waals surface area contributed by atoms with Crippen LogP contribution in [0.5, 0.6) is 0 Å². The van der Waals surface area contributed by atoms with Gasteiger partial charge in [0.05, 0.1) is 10.6 Å². The highest BCUT2D eigenvalue weighted by molar-refractivity contribution is 7.92. The van der Waals surface area contributed by atoms with Gasteiger partial charge in [-0.3, -0.25) is 4.72 Å². The largest absolute Gasteiger partial charge is 0.279 e. The van der Waals surface area contributed by atoms with E-state index in [9.17, 15) is 8.42 Å². The predicted molar refractivity (Wildman–Crippen MR) is 76.7 cm³/mol. The summed E-state index contributed by atoms with van der Waals surface area (Å²) in [5.74, 6) is 0. The summed E-state index contributed by atoms with van der Waals surface area (Å²) < 4.78 is 27.4. The van der Waals surface area contributed by atoms with Crippen LogP contribution in [-0.2, 0) is 10.0 Å². The zero-order valence-electron chi connectivity index (χ0n) is 11.2. The third-order valence-electron chi connectivity index (χ3n) is 2.83. The highest BCUT2D eigenvalue weighted by Crippen LogP contribution is 2.23. The molecule has 0 bridgehead atoms. The van der Waals surface area contributed by atoms with Crippen molar-refractivity contribution in [2.75, 3.05) is 4.72 Å². The van der Waals surface area contributed by atoms with Crippen LogP contribution in [0, 0.1) is 26.8 Å². The lowest BCUT2D eigenvalue weighted by atomic mass is 10.1. The summed E-state index contributed by atoms with van der Waals surface area (Å²) in [7, 11) is -3.57. The second-order valence-electron chi connectivity index (χ2n) is 4.61. The fraction of sp³-hybridized carbons (Fsp3) is 0.200. The summed E-state index contributed by atoms with van der Waals surface area (Å²) in [5, 5.41) is 0. The van der Waals surface area contributed by atoms with Gasteiger partial charge in [-0.15, -0.1) is 0 Å². The van der Waals surface area contributed by atoms with Gasteiger partial charge in [-0.2, -0.15) is 0 Å². The molecule has 0 spiro atoms. The molecule has 0 atom stereocenters. The van der Waals surface area contributed by atoms with Crippen molar-refractivity contribution in [1.82, 2.24) is 0 Å². The van der Waals surface area contributed by atoms with Gasteiger partial charge in [-0.25, -0.2) is 8.42 Å². The topological polar surface area (TPSA) is 46.2 Å². The Bertz CT molecular complexity index is 668. The summed E-state index contributed by atoms with van der Waals surface area (Å²) >= 11 is 0. The third-order valence-corrected chi connectivity index (χ3v) is 4.50.